The number of carbonyl (C=O) groups excluding carboxylic acids is 2. The number of hydrogen-bond acceptors (Lipinski definition) is 5. The van der Waals surface area contributed by atoms with E-state index in [0.717, 1.165) is 5.69 Å². The Morgan fingerprint density at radius 3 is 2.75 bits per heavy atom. The number of likely N-dealkylation sites (tertiary alicyclic amines) is 1. The average Bonchev–Trinajstić information content (AvgIpc) is 2.84. The molecule has 0 spiro atoms. The van der Waals surface area contributed by atoms with E-state index in [9.17, 15) is 9.59 Å². The van der Waals surface area contributed by atoms with Gasteiger partial charge in [-0.15, -0.1) is 5.10 Å². The summed E-state index contributed by atoms with van der Waals surface area (Å²) < 4.78 is 5.10. The van der Waals surface area contributed by atoms with E-state index >= 15 is 0 Å². The van der Waals surface area contributed by atoms with Crippen molar-refractivity contribution in [3.63, 3.8) is 0 Å². The third-order valence-electron chi connectivity index (χ3n) is 3.59. The Bertz CT molecular complexity index is 517. The molecule has 7 heteroatoms. The molecule has 7 nitrogen and oxygen atoms in total. The van der Waals surface area contributed by atoms with E-state index < -0.39 is 11.4 Å². The molecule has 1 fully saturated rings. The molecule has 0 saturated carbocycles. The molecule has 1 saturated heterocycles. The highest BCUT2D eigenvalue weighted by Crippen LogP contribution is 2.30. The smallest absolute Gasteiger partial charge is 0.275 e. The van der Waals surface area contributed by atoms with E-state index in [0.29, 0.717) is 19.4 Å². The van der Waals surface area contributed by atoms with Gasteiger partial charge in [0, 0.05) is 13.7 Å². The van der Waals surface area contributed by atoms with Crippen LogP contribution in [0.2, 0.25) is 0 Å². The third kappa shape index (κ3) is 2.36. The van der Waals surface area contributed by atoms with Gasteiger partial charge >= 0.3 is 0 Å². The molecule has 0 aliphatic carbocycles. The highest BCUT2D eigenvalue weighted by atomic mass is 16.5. The zero-order chi connectivity index (χ0) is 14.8. The summed E-state index contributed by atoms with van der Waals surface area (Å²) in [7, 11) is 1.48. The molecule has 1 aliphatic heterocycles. The minimum absolute atomic E-state index is 0.0906. The van der Waals surface area contributed by atoms with Gasteiger partial charge in [0.2, 0.25) is 5.91 Å². The second-order valence-corrected chi connectivity index (χ2v) is 4.95. The quantitative estimate of drug-likeness (QED) is 0.828. The van der Waals surface area contributed by atoms with Crippen LogP contribution in [0.4, 0.5) is 0 Å². The number of aromatic nitrogens is 2. The molecule has 0 radical (unpaired) electrons. The van der Waals surface area contributed by atoms with E-state index in [1.54, 1.807) is 19.1 Å². The van der Waals surface area contributed by atoms with Crippen molar-refractivity contribution in [2.75, 3.05) is 20.3 Å². The lowest BCUT2D eigenvalue weighted by molar-refractivity contribution is -0.130. The van der Waals surface area contributed by atoms with E-state index in [4.69, 9.17) is 10.5 Å². The van der Waals surface area contributed by atoms with Crippen molar-refractivity contribution in [2.24, 2.45) is 5.73 Å². The number of primary amides is 1. The molecule has 2 N–H and O–H groups in total. The van der Waals surface area contributed by atoms with Gasteiger partial charge in [-0.1, -0.05) is 0 Å². The largest absolute Gasteiger partial charge is 0.382 e. The normalized spacial score (nSPS) is 22.0. The second kappa shape index (κ2) is 5.54. The predicted molar refractivity (Wildman–Crippen MR) is 70.8 cm³/mol. The molecule has 1 atom stereocenters. The molecular weight excluding hydrogens is 260 g/mol. The first-order chi connectivity index (χ1) is 9.51. The molecule has 1 aromatic heterocycles. The third-order valence-corrected chi connectivity index (χ3v) is 3.59. The fraction of sp³-hybridized carbons (Fsp3) is 0.538. The number of hydrogen-bond donors (Lipinski definition) is 1. The van der Waals surface area contributed by atoms with Crippen LogP contribution < -0.4 is 5.73 Å². The molecular formula is C13H18N4O3. The van der Waals surface area contributed by atoms with Crippen LogP contribution in [-0.2, 0) is 9.53 Å². The van der Waals surface area contributed by atoms with E-state index in [1.807, 2.05) is 0 Å². The van der Waals surface area contributed by atoms with Gasteiger partial charge in [-0.3, -0.25) is 9.59 Å². The maximum Gasteiger partial charge on any atom is 0.275 e. The van der Waals surface area contributed by atoms with Crippen LogP contribution in [0, 0.1) is 6.92 Å². The maximum atomic E-state index is 12.5. The summed E-state index contributed by atoms with van der Waals surface area (Å²) >= 11 is 0. The molecule has 2 rings (SSSR count). The summed E-state index contributed by atoms with van der Waals surface area (Å²) in [5, 5.41) is 7.74. The molecule has 20 heavy (non-hydrogen) atoms. The monoisotopic (exact) mass is 278 g/mol. The van der Waals surface area contributed by atoms with Crippen LogP contribution in [0.5, 0.6) is 0 Å². The Hall–Kier alpha value is -2.02. The molecule has 2 heterocycles. The Balaban J connectivity index is 2.32. The average molecular weight is 278 g/mol. The number of ether oxygens (including phenoxy) is 1. The molecule has 2 amide bonds. The minimum Gasteiger partial charge on any atom is -0.382 e. The minimum atomic E-state index is -1.08. The lowest BCUT2D eigenvalue weighted by Gasteiger charge is -2.34. The summed E-state index contributed by atoms with van der Waals surface area (Å²) in [6, 6.07) is 3.31. The van der Waals surface area contributed by atoms with Crippen molar-refractivity contribution in [1.82, 2.24) is 15.1 Å². The molecule has 0 aromatic carbocycles. The fourth-order valence-corrected chi connectivity index (χ4v) is 2.54. The van der Waals surface area contributed by atoms with Crippen LogP contribution in [0.15, 0.2) is 12.1 Å². The number of nitrogens with zero attached hydrogens (tertiary/aromatic N) is 3. The summed E-state index contributed by atoms with van der Waals surface area (Å²) in [6.07, 6.45) is 1.21. The zero-order valence-corrected chi connectivity index (χ0v) is 11.6. The van der Waals surface area contributed by atoms with Crippen LogP contribution in [0.1, 0.15) is 29.0 Å². The van der Waals surface area contributed by atoms with Gasteiger partial charge in [-0.25, -0.2) is 0 Å². The number of rotatable bonds is 4. The molecule has 0 bridgehead atoms. The number of nitrogens with two attached hydrogens (primary N) is 1. The van der Waals surface area contributed by atoms with Gasteiger partial charge in [0.25, 0.3) is 5.91 Å². The van der Waals surface area contributed by atoms with E-state index in [2.05, 4.69) is 10.2 Å². The predicted octanol–water partition coefficient (Wildman–Crippen LogP) is -0.108. The topological polar surface area (TPSA) is 98.4 Å². The van der Waals surface area contributed by atoms with Crippen LogP contribution in [0.3, 0.4) is 0 Å². The first-order valence-electron chi connectivity index (χ1n) is 6.42. The van der Waals surface area contributed by atoms with E-state index in [-0.39, 0.29) is 18.2 Å². The highest BCUT2D eigenvalue weighted by Gasteiger charge is 2.49. The highest BCUT2D eigenvalue weighted by molar-refractivity contribution is 5.98. The van der Waals surface area contributed by atoms with Crippen molar-refractivity contribution >= 4 is 11.8 Å². The van der Waals surface area contributed by atoms with Gasteiger partial charge in [0.15, 0.2) is 5.69 Å². The van der Waals surface area contributed by atoms with Crippen molar-refractivity contribution in [2.45, 2.75) is 25.3 Å². The molecule has 1 aromatic rings. The second-order valence-electron chi connectivity index (χ2n) is 4.95. The summed E-state index contributed by atoms with van der Waals surface area (Å²) in [5.41, 5.74) is 5.35. The van der Waals surface area contributed by atoms with E-state index in [1.165, 1.54) is 12.0 Å². The van der Waals surface area contributed by atoms with Crippen molar-refractivity contribution in [1.29, 1.82) is 0 Å². The van der Waals surface area contributed by atoms with Gasteiger partial charge in [0.05, 0.1) is 12.3 Å². The fourth-order valence-electron chi connectivity index (χ4n) is 2.54. The molecule has 1 unspecified atom stereocenters. The zero-order valence-electron chi connectivity index (χ0n) is 11.6. The van der Waals surface area contributed by atoms with Gasteiger partial charge in [-0.05, 0) is 31.9 Å². The number of carbonyl (C=O) groups is 2. The van der Waals surface area contributed by atoms with Crippen molar-refractivity contribution < 1.29 is 14.3 Å². The Kier molecular flexibility index (Phi) is 3.99. The lowest BCUT2D eigenvalue weighted by Crippen LogP contribution is -2.58. The summed E-state index contributed by atoms with van der Waals surface area (Å²) in [5.74, 6) is -0.892. The maximum absolute atomic E-state index is 12.5. The van der Waals surface area contributed by atoms with Crippen LogP contribution >= 0.6 is 0 Å². The van der Waals surface area contributed by atoms with Crippen LogP contribution in [-0.4, -0.2) is 52.7 Å². The summed E-state index contributed by atoms with van der Waals surface area (Å²) in [6.45, 7) is 2.34. The van der Waals surface area contributed by atoms with Gasteiger partial charge in [-0.2, -0.15) is 5.10 Å². The number of aryl methyl sites for hydroxylation is 1. The van der Waals surface area contributed by atoms with Gasteiger partial charge < -0.3 is 15.4 Å². The summed E-state index contributed by atoms with van der Waals surface area (Å²) in [4.78, 5) is 25.8. The first kappa shape index (κ1) is 14.4. The van der Waals surface area contributed by atoms with Crippen LogP contribution in [0.25, 0.3) is 0 Å². The standard InChI is InChI=1S/C13H18N4O3/c1-9-4-5-10(16-15-9)11(18)17-7-3-6-13(17,8-20-2)12(14)19/h4-5H,3,6-8H2,1-2H3,(H2,14,19). The molecule has 108 valence electrons. The Morgan fingerprint density at radius 2 is 2.20 bits per heavy atom. The Morgan fingerprint density at radius 1 is 1.45 bits per heavy atom. The Labute approximate surface area is 117 Å². The molecule has 1 aliphatic rings. The lowest BCUT2D eigenvalue weighted by atomic mass is 9.96. The van der Waals surface area contributed by atoms with Crippen molar-refractivity contribution in [3.05, 3.63) is 23.5 Å². The number of amides is 2. The van der Waals surface area contributed by atoms with Gasteiger partial charge in [0.1, 0.15) is 5.54 Å². The first-order valence-corrected chi connectivity index (χ1v) is 6.42. The number of methoxy groups -OCH3 is 1. The SMILES string of the molecule is COCC1(C(N)=O)CCCN1C(=O)c1ccc(C)nn1. The van der Waals surface area contributed by atoms with Crippen molar-refractivity contribution in [3.8, 4) is 0 Å².